The normalized spacial score (nSPS) is 11.1. The van der Waals surface area contributed by atoms with Crippen molar-refractivity contribution in [2.24, 2.45) is 0 Å². The van der Waals surface area contributed by atoms with Gasteiger partial charge in [0.2, 0.25) is 5.95 Å². The summed E-state index contributed by atoms with van der Waals surface area (Å²) in [4.78, 5) is 20.1. The van der Waals surface area contributed by atoms with Gasteiger partial charge in [0.15, 0.2) is 0 Å². The van der Waals surface area contributed by atoms with Gasteiger partial charge in [-0.15, -0.1) is 0 Å². The number of esters is 1. The van der Waals surface area contributed by atoms with Crippen molar-refractivity contribution >= 4 is 42.5 Å². The summed E-state index contributed by atoms with van der Waals surface area (Å²) in [6.07, 6.45) is 1.77. The molecule has 0 amide bonds. The molecular weight excluding hydrogens is 318 g/mol. The molecule has 0 saturated carbocycles. The molecule has 22 heavy (non-hydrogen) atoms. The van der Waals surface area contributed by atoms with Crippen LogP contribution >= 0.6 is 11.6 Å². The third-order valence-electron chi connectivity index (χ3n) is 3.09. The van der Waals surface area contributed by atoms with Crippen LogP contribution in [0, 0.1) is 0 Å². The number of anilines is 2. The summed E-state index contributed by atoms with van der Waals surface area (Å²) in [5.41, 5.74) is 1.15. The molecule has 0 radical (unpaired) electrons. The molecule has 116 valence electrons. The number of aromatic nitrogens is 2. The maximum absolute atomic E-state index is 11.5. The minimum atomic E-state index is -1.57. The predicted molar refractivity (Wildman–Crippen MR) is 91.1 cm³/mol. The highest BCUT2D eigenvalue weighted by Crippen LogP contribution is 2.17. The maximum Gasteiger partial charge on any atom is 0.337 e. The summed E-state index contributed by atoms with van der Waals surface area (Å²) in [6.45, 7) is 6.56. The molecule has 0 saturated heterocycles. The van der Waals surface area contributed by atoms with Crippen LogP contribution in [-0.2, 0) is 4.74 Å². The molecule has 1 heterocycles. The minimum absolute atomic E-state index is 0.392. The molecule has 7 heteroatoms. The first-order valence-electron chi connectivity index (χ1n) is 6.79. The van der Waals surface area contributed by atoms with Crippen molar-refractivity contribution in [3.05, 3.63) is 41.2 Å². The Hall–Kier alpha value is -1.92. The first kappa shape index (κ1) is 16.4. The standard InChI is InChI=1S/C15H18ClN3O2Si/c1-21-14(20)10-6-5-7-11(8-10)18-15-17-9-12(13(16)19-15)22(2,3)4/h5-9H,1-4H3,(H,17,18,19). The van der Waals surface area contributed by atoms with Gasteiger partial charge in [-0.3, -0.25) is 0 Å². The van der Waals surface area contributed by atoms with E-state index in [1.165, 1.54) is 7.11 Å². The number of carbonyl (C=O) groups excluding carboxylic acids is 1. The topological polar surface area (TPSA) is 64.1 Å². The van der Waals surface area contributed by atoms with Crippen LogP contribution in [0.3, 0.4) is 0 Å². The fourth-order valence-corrected chi connectivity index (χ4v) is 4.00. The summed E-state index contributed by atoms with van der Waals surface area (Å²) < 4.78 is 4.70. The van der Waals surface area contributed by atoms with Gasteiger partial charge in [0.1, 0.15) is 5.15 Å². The van der Waals surface area contributed by atoms with E-state index < -0.39 is 14.0 Å². The summed E-state index contributed by atoms with van der Waals surface area (Å²) in [7, 11) is -0.220. The first-order valence-corrected chi connectivity index (χ1v) is 10.7. The van der Waals surface area contributed by atoms with Crippen molar-refractivity contribution in [2.45, 2.75) is 19.6 Å². The maximum atomic E-state index is 11.5. The van der Waals surface area contributed by atoms with Crippen LogP contribution in [0.2, 0.25) is 24.8 Å². The minimum Gasteiger partial charge on any atom is -0.465 e. The number of carbonyl (C=O) groups is 1. The Kier molecular flexibility index (Phi) is 4.83. The molecular formula is C15H18ClN3O2Si. The largest absolute Gasteiger partial charge is 0.465 e. The van der Waals surface area contributed by atoms with Crippen LogP contribution < -0.4 is 10.5 Å². The van der Waals surface area contributed by atoms with Crippen molar-refractivity contribution in [3.63, 3.8) is 0 Å². The van der Waals surface area contributed by atoms with Crippen molar-refractivity contribution in [3.8, 4) is 0 Å². The second-order valence-corrected chi connectivity index (χ2v) is 11.2. The molecule has 1 aromatic carbocycles. The lowest BCUT2D eigenvalue weighted by Gasteiger charge is -2.17. The Morgan fingerprint density at radius 1 is 1.32 bits per heavy atom. The fourth-order valence-electron chi connectivity index (χ4n) is 1.90. The Balaban J connectivity index is 2.25. The van der Waals surface area contributed by atoms with E-state index in [-0.39, 0.29) is 0 Å². The SMILES string of the molecule is COC(=O)c1cccc(Nc2ncc([Si](C)(C)C)c(Cl)n2)c1. The van der Waals surface area contributed by atoms with E-state index in [4.69, 9.17) is 16.3 Å². The number of halogens is 1. The number of hydrogen-bond donors (Lipinski definition) is 1. The van der Waals surface area contributed by atoms with Gasteiger partial charge in [-0.05, 0) is 23.4 Å². The monoisotopic (exact) mass is 335 g/mol. The molecule has 1 aromatic heterocycles. The van der Waals surface area contributed by atoms with Gasteiger partial charge in [-0.2, -0.15) is 0 Å². The number of ether oxygens (including phenoxy) is 1. The van der Waals surface area contributed by atoms with E-state index in [1.54, 1.807) is 24.4 Å². The number of rotatable bonds is 4. The Bertz CT molecular complexity index is 701. The number of nitrogens with zero attached hydrogens (tertiary/aromatic N) is 2. The quantitative estimate of drug-likeness (QED) is 0.528. The van der Waals surface area contributed by atoms with E-state index in [1.807, 2.05) is 6.07 Å². The number of benzene rings is 1. The van der Waals surface area contributed by atoms with Crippen LogP contribution in [0.1, 0.15) is 10.4 Å². The molecule has 1 N–H and O–H groups in total. The van der Waals surface area contributed by atoms with Gasteiger partial charge >= 0.3 is 5.97 Å². The van der Waals surface area contributed by atoms with Gasteiger partial charge < -0.3 is 10.1 Å². The lowest BCUT2D eigenvalue weighted by Crippen LogP contribution is -2.39. The van der Waals surface area contributed by atoms with Crippen LogP contribution in [0.15, 0.2) is 30.5 Å². The van der Waals surface area contributed by atoms with Crippen LogP contribution in [0.4, 0.5) is 11.6 Å². The van der Waals surface area contributed by atoms with E-state index in [2.05, 4.69) is 34.9 Å². The third-order valence-corrected chi connectivity index (χ3v) is 5.52. The molecule has 2 rings (SSSR count). The van der Waals surface area contributed by atoms with Crippen molar-refractivity contribution in [2.75, 3.05) is 12.4 Å². The van der Waals surface area contributed by atoms with E-state index in [0.717, 1.165) is 5.19 Å². The summed E-state index contributed by atoms with van der Waals surface area (Å²) in [5, 5.41) is 4.53. The van der Waals surface area contributed by atoms with Crippen molar-refractivity contribution < 1.29 is 9.53 Å². The Labute approximate surface area is 135 Å². The third kappa shape index (κ3) is 3.83. The molecule has 0 aliphatic rings. The second kappa shape index (κ2) is 6.45. The fraction of sp³-hybridized carbons (Fsp3) is 0.267. The molecule has 0 unspecified atom stereocenters. The van der Waals surface area contributed by atoms with Crippen LogP contribution in [0.5, 0.6) is 0 Å². The lowest BCUT2D eigenvalue weighted by molar-refractivity contribution is 0.0601. The van der Waals surface area contributed by atoms with Crippen molar-refractivity contribution in [1.82, 2.24) is 9.97 Å². The van der Waals surface area contributed by atoms with Gasteiger partial charge in [-0.25, -0.2) is 14.8 Å². The van der Waals surface area contributed by atoms with Gasteiger partial charge in [-0.1, -0.05) is 37.3 Å². The molecule has 0 spiro atoms. The zero-order valence-corrected chi connectivity index (χ0v) is 14.7. The highest BCUT2D eigenvalue weighted by Gasteiger charge is 2.21. The zero-order valence-electron chi connectivity index (χ0n) is 13.0. The molecule has 0 aliphatic heterocycles. The van der Waals surface area contributed by atoms with Crippen LogP contribution in [0.25, 0.3) is 0 Å². The van der Waals surface area contributed by atoms with Gasteiger partial charge in [0.25, 0.3) is 0 Å². The average molecular weight is 336 g/mol. The van der Waals surface area contributed by atoms with Gasteiger partial charge in [0, 0.05) is 11.9 Å². The molecule has 2 aromatic rings. The summed E-state index contributed by atoms with van der Waals surface area (Å²) in [6, 6.07) is 6.93. The molecule has 0 fully saturated rings. The number of hydrogen-bond acceptors (Lipinski definition) is 5. The smallest absolute Gasteiger partial charge is 0.337 e. The van der Waals surface area contributed by atoms with Gasteiger partial charge in [0.05, 0.1) is 20.7 Å². The first-order chi connectivity index (χ1) is 10.3. The predicted octanol–water partition coefficient (Wildman–Crippen LogP) is 3.21. The second-order valence-electron chi connectivity index (χ2n) is 5.85. The lowest BCUT2D eigenvalue weighted by atomic mass is 10.2. The highest BCUT2D eigenvalue weighted by atomic mass is 35.5. The summed E-state index contributed by atoms with van der Waals surface area (Å²) in [5.74, 6) is 0.00528. The van der Waals surface area contributed by atoms with E-state index >= 15 is 0 Å². The van der Waals surface area contributed by atoms with Crippen LogP contribution in [-0.4, -0.2) is 31.1 Å². The zero-order chi connectivity index (χ0) is 16.3. The molecule has 0 bridgehead atoms. The number of nitrogens with one attached hydrogen (secondary N) is 1. The highest BCUT2D eigenvalue weighted by molar-refractivity contribution is 6.90. The molecule has 0 aliphatic carbocycles. The van der Waals surface area contributed by atoms with E-state index in [0.29, 0.717) is 22.4 Å². The Morgan fingerprint density at radius 3 is 2.64 bits per heavy atom. The van der Waals surface area contributed by atoms with Crippen molar-refractivity contribution in [1.29, 1.82) is 0 Å². The molecule has 0 atom stereocenters. The number of methoxy groups -OCH3 is 1. The average Bonchev–Trinajstić information content (AvgIpc) is 2.45. The Morgan fingerprint density at radius 2 is 2.05 bits per heavy atom. The molecule has 5 nitrogen and oxygen atoms in total. The summed E-state index contributed by atoms with van der Waals surface area (Å²) >= 11 is 6.25. The van der Waals surface area contributed by atoms with E-state index in [9.17, 15) is 4.79 Å².